The maximum atomic E-state index is 6.28. The maximum Gasteiger partial charge on any atom is 0.0745 e. The van der Waals surface area contributed by atoms with Crippen LogP contribution in [0.25, 0.3) is 22.2 Å². The van der Waals surface area contributed by atoms with Crippen LogP contribution in [0.1, 0.15) is 26.7 Å². The highest BCUT2D eigenvalue weighted by atomic mass is 35.5. The highest BCUT2D eigenvalue weighted by Crippen LogP contribution is 2.34. The normalized spacial score (nSPS) is 15.5. The molecule has 0 N–H and O–H groups in total. The van der Waals surface area contributed by atoms with Crippen LogP contribution >= 0.6 is 11.6 Å². The van der Waals surface area contributed by atoms with Crippen LogP contribution in [0.4, 0.5) is 5.69 Å². The van der Waals surface area contributed by atoms with Gasteiger partial charge in [-0.2, -0.15) is 0 Å². The molecule has 1 aliphatic heterocycles. The Morgan fingerprint density at radius 2 is 1.71 bits per heavy atom. The molecule has 2 heterocycles. The van der Waals surface area contributed by atoms with Crippen LogP contribution in [0.15, 0.2) is 54.6 Å². The smallest absolute Gasteiger partial charge is 0.0745 e. The first-order valence-electron chi connectivity index (χ1n) is 10.3. The molecule has 28 heavy (non-hydrogen) atoms. The lowest BCUT2D eigenvalue weighted by atomic mass is 10.0. The standard InChI is InChI=1S/C24H28ClN3/c1-3-27(4-2)20-12-14-28(15-13-20)24-17-22(18-8-6-5-7-9-18)26-23-16-19(25)10-11-21(23)24/h5-11,16-17,20H,3-4,12-15H2,1-2H3. The second-order valence-corrected chi connectivity index (χ2v) is 7.93. The van der Waals surface area contributed by atoms with Crippen molar-refractivity contribution < 1.29 is 0 Å². The van der Waals surface area contributed by atoms with E-state index in [4.69, 9.17) is 16.6 Å². The molecule has 4 heteroatoms. The first kappa shape index (κ1) is 19.2. The summed E-state index contributed by atoms with van der Waals surface area (Å²) in [6, 6.07) is 19.4. The van der Waals surface area contributed by atoms with Crippen molar-refractivity contribution in [3.05, 3.63) is 59.6 Å². The van der Waals surface area contributed by atoms with Gasteiger partial charge < -0.3 is 9.80 Å². The molecule has 1 aromatic heterocycles. The summed E-state index contributed by atoms with van der Waals surface area (Å²) in [4.78, 5) is 10.0. The van der Waals surface area contributed by atoms with Gasteiger partial charge in [0.1, 0.15) is 0 Å². The van der Waals surface area contributed by atoms with Crippen molar-refractivity contribution in [2.75, 3.05) is 31.1 Å². The lowest BCUT2D eigenvalue weighted by Crippen LogP contribution is -2.44. The molecule has 146 valence electrons. The molecule has 0 spiro atoms. The Hall–Kier alpha value is -2.10. The van der Waals surface area contributed by atoms with E-state index in [9.17, 15) is 0 Å². The minimum absolute atomic E-state index is 0.697. The summed E-state index contributed by atoms with van der Waals surface area (Å²) in [5.41, 5.74) is 4.40. The van der Waals surface area contributed by atoms with Crippen LogP contribution in [0.2, 0.25) is 5.02 Å². The summed E-state index contributed by atoms with van der Waals surface area (Å²) in [5.74, 6) is 0. The van der Waals surface area contributed by atoms with E-state index in [-0.39, 0.29) is 0 Å². The molecule has 3 aromatic rings. The van der Waals surface area contributed by atoms with Crippen molar-refractivity contribution in [1.82, 2.24) is 9.88 Å². The Morgan fingerprint density at radius 1 is 1.00 bits per heavy atom. The monoisotopic (exact) mass is 393 g/mol. The van der Waals surface area contributed by atoms with E-state index in [1.165, 1.54) is 23.9 Å². The Morgan fingerprint density at radius 3 is 2.39 bits per heavy atom. The van der Waals surface area contributed by atoms with Crippen LogP contribution in [-0.4, -0.2) is 42.1 Å². The lowest BCUT2D eigenvalue weighted by Gasteiger charge is -2.39. The number of hydrogen-bond donors (Lipinski definition) is 0. The molecular formula is C24H28ClN3. The number of hydrogen-bond acceptors (Lipinski definition) is 3. The van der Waals surface area contributed by atoms with Gasteiger partial charge in [0.15, 0.2) is 0 Å². The van der Waals surface area contributed by atoms with Gasteiger partial charge in [-0.25, -0.2) is 4.98 Å². The number of rotatable bonds is 5. The third kappa shape index (κ3) is 3.87. The van der Waals surface area contributed by atoms with Crippen LogP contribution < -0.4 is 4.90 Å². The summed E-state index contributed by atoms with van der Waals surface area (Å²) in [7, 11) is 0. The number of anilines is 1. The fraction of sp³-hybridized carbons (Fsp3) is 0.375. The molecule has 0 atom stereocenters. The van der Waals surface area contributed by atoms with Gasteiger partial charge in [0, 0.05) is 40.8 Å². The Kier molecular flexibility index (Phi) is 5.84. The highest BCUT2D eigenvalue weighted by molar-refractivity contribution is 6.31. The van der Waals surface area contributed by atoms with Crippen LogP contribution in [0, 0.1) is 0 Å². The van der Waals surface area contributed by atoms with Crippen molar-refractivity contribution in [2.45, 2.75) is 32.7 Å². The van der Waals surface area contributed by atoms with E-state index in [2.05, 4.69) is 60.0 Å². The van der Waals surface area contributed by atoms with E-state index in [1.807, 2.05) is 18.2 Å². The van der Waals surface area contributed by atoms with Crippen LogP contribution in [-0.2, 0) is 0 Å². The third-order valence-electron chi connectivity index (χ3n) is 5.95. The van der Waals surface area contributed by atoms with Crippen LogP contribution in [0.5, 0.6) is 0 Å². The summed E-state index contributed by atoms with van der Waals surface area (Å²) in [6.07, 6.45) is 2.42. The molecule has 1 aliphatic rings. The van der Waals surface area contributed by atoms with Gasteiger partial charge in [0.25, 0.3) is 0 Å². The fourth-order valence-corrected chi connectivity index (χ4v) is 4.58. The zero-order valence-corrected chi connectivity index (χ0v) is 17.5. The SMILES string of the molecule is CCN(CC)C1CCN(c2cc(-c3ccccc3)nc3cc(Cl)ccc23)CC1. The Labute approximate surface area is 172 Å². The van der Waals surface area contributed by atoms with E-state index in [1.54, 1.807) is 0 Å². The molecular weight excluding hydrogens is 366 g/mol. The quantitative estimate of drug-likeness (QED) is 0.540. The Bertz CT molecular complexity index is 929. The number of benzene rings is 2. The summed E-state index contributed by atoms with van der Waals surface area (Å²) in [5, 5.41) is 1.92. The molecule has 0 bridgehead atoms. The molecule has 4 rings (SSSR count). The maximum absolute atomic E-state index is 6.28. The van der Waals surface area contributed by atoms with Gasteiger partial charge in [-0.3, -0.25) is 0 Å². The zero-order valence-electron chi connectivity index (χ0n) is 16.7. The van der Waals surface area contributed by atoms with Crippen molar-refractivity contribution in [3.63, 3.8) is 0 Å². The average Bonchev–Trinajstić information content (AvgIpc) is 2.75. The van der Waals surface area contributed by atoms with Gasteiger partial charge in [-0.05, 0) is 50.2 Å². The molecule has 1 saturated heterocycles. The fourth-order valence-electron chi connectivity index (χ4n) is 4.41. The minimum atomic E-state index is 0.697. The molecule has 0 radical (unpaired) electrons. The van der Waals surface area contributed by atoms with Gasteiger partial charge >= 0.3 is 0 Å². The second kappa shape index (κ2) is 8.50. The molecule has 3 nitrogen and oxygen atoms in total. The summed E-state index contributed by atoms with van der Waals surface area (Å²) < 4.78 is 0. The summed E-state index contributed by atoms with van der Waals surface area (Å²) >= 11 is 6.28. The number of pyridine rings is 1. The molecule has 0 amide bonds. The molecule has 0 saturated carbocycles. The second-order valence-electron chi connectivity index (χ2n) is 7.49. The predicted molar refractivity (Wildman–Crippen MR) is 120 cm³/mol. The third-order valence-corrected chi connectivity index (χ3v) is 6.19. The molecule has 0 aliphatic carbocycles. The molecule has 0 unspecified atom stereocenters. The van der Waals surface area contributed by atoms with E-state index < -0.39 is 0 Å². The van der Waals surface area contributed by atoms with Crippen molar-refractivity contribution >= 4 is 28.2 Å². The van der Waals surface area contributed by atoms with Crippen LogP contribution in [0.3, 0.4) is 0 Å². The first-order valence-corrected chi connectivity index (χ1v) is 10.7. The van der Waals surface area contributed by atoms with E-state index >= 15 is 0 Å². The van der Waals surface area contributed by atoms with Crippen molar-refractivity contribution in [3.8, 4) is 11.3 Å². The topological polar surface area (TPSA) is 19.4 Å². The minimum Gasteiger partial charge on any atom is -0.371 e. The van der Waals surface area contributed by atoms with Gasteiger partial charge in [0.05, 0.1) is 11.2 Å². The number of fused-ring (bicyclic) bond motifs is 1. The summed E-state index contributed by atoms with van der Waals surface area (Å²) in [6.45, 7) is 8.96. The van der Waals surface area contributed by atoms with Gasteiger partial charge in [-0.1, -0.05) is 55.8 Å². The molecule has 2 aromatic carbocycles. The molecule has 1 fully saturated rings. The van der Waals surface area contributed by atoms with Crippen molar-refractivity contribution in [2.24, 2.45) is 0 Å². The van der Waals surface area contributed by atoms with Gasteiger partial charge in [0.2, 0.25) is 0 Å². The zero-order chi connectivity index (χ0) is 19.5. The largest absolute Gasteiger partial charge is 0.371 e. The average molecular weight is 394 g/mol. The number of aromatic nitrogens is 1. The highest BCUT2D eigenvalue weighted by Gasteiger charge is 2.24. The number of nitrogens with zero attached hydrogens (tertiary/aromatic N) is 3. The number of halogens is 1. The Balaban J connectivity index is 1.70. The first-order chi connectivity index (χ1) is 13.7. The van der Waals surface area contributed by atoms with E-state index in [0.717, 1.165) is 48.0 Å². The van der Waals surface area contributed by atoms with Gasteiger partial charge in [-0.15, -0.1) is 0 Å². The van der Waals surface area contributed by atoms with E-state index in [0.29, 0.717) is 6.04 Å². The number of piperidine rings is 1. The predicted octanol–water partition coefficient (Wildman–Crippen LogP) is 5.87. The lowest BCUT2D eigenvalue weighted by molar-refractivity contribution is 0.186. The van der Waals surface area contributed by atoms with Crippen molar-refractivity contribution in [1.29, 1.82) is 0 Å².